The third-order valence-corrected chi connectivity index (χ3v) is 5.42. The molecule has 27 heavy (non-hydrogen) atoms. The highest BCUT2D eigenvalue weighted by molar-refractivity contribution is 9.10. The lowest BCUT2D eigenvalue weighted by molar-refractivity contribution is 0.0983. The molecule has 4 rings (SSSR count). The van der Waals surface area contributed by atoms with E-state index >= 15 is 0 Å². The minimum Gasteiger partial charge on any atom is -0.492 e. The summed E-state index contributed by atoms with van der Waals surface area (Å²) in [6.07, 6.45) is 1.90. The highest BCUT2D eigenvalue weighted by Crippen LogP contribution is 2.55. The number of carbonyl (C=O) groups is 2. The number of urea groups is 1. The molecule has 0 saturated heterocycles. The minimum atomic E-state index is -0.411. The van der Waals surface area contributed by atoms with Crippen molar-refractivity contribution < 1.29 is 18.7 Å². The summed E-state index contributed by atoms with van der Waals surface area (Å²) in [4.78, 5) is 28.4. The summed E-state index contributed by atoms with van der Waals surface area (Å²) in [7, 11) is 0. The Morgan fingerprint density at radius 1 is 1.33 bits per heavy atom. The van der Waals surface area contributed by atoms with Crippen molar-refractivity contribution in [2.45, 2.75) is 25.3 Å². The molecule has 140 valence electrons. The standard InChI is InChI=1S/C19H17BrFN3O3/c1-2-13(25)10-4-5-12(21)16-15-11(8-27-18(10)16)17(15)24-19(26)23-14-6-3-9(20)7-22-14/h3-7,11,15,17H,2,8H2,1H3,(H2,22,23,24,26). The number of amides is 2. The quantitative estimate of drug-likeness (QED) is 0.717. The van der Waals surface area contributed by atoms with Crippen LogP contribution < -0.4 is 15.4 Å². The van der Waals surface area contributed by atoms with Crippen molar-refractivity contribution in [2.75, 3.05) is 11.9 Å². The molecule has 1 aromatic heterocycles. The van der Waals surface area contributed by atoms with Crippen LogP contribution in [0.5, 0.6) is 5.75 Å². The predicted octanol–water partition coefficient (Wildman–Crippen LogP) is 3.87. The van der Waals surface area contributed by atoms with E-state index in [0.717, 1.165) is 4.47 Å². The van der Waals surface area contributed by atoms with Crippen molar-refractivity contribution in [1.82, 2.24) is 10.3 Å². The molecule has 1 aliphatic carbocycles. The van der Waals surface area contributed by atoms with E-state index in [1.165, 1.54) is 12.1 Å². The van der Waals surface area contributed by atoms with E-state index in [2.05, 4.69) is 31.5 Å². The van der Waals surface area contributed by atoms with Gasteiger partial charge in [0.25, 0.3) is 0 Å². The van der Waals surface area contributed by atoms with Crippen LogP contribution in [0.3, 0.4) is 0 Å². The van der Waals surface area contributed by atoms with Crippen molar-refractivity contribution in [3.05, 3.63) is 51.9 Å². The number of rotatable bonds is 4. The number of nitrogens with one attached hydrogen (secondary N) is 2. The molecule has 1 aliphatic heterocycles. The number of Topliss-reactive ketones (excluding diaryl/α,β-unsaturated/α-hetero) is 1. The van der Waals surface area contributed by atoms with Gasteiger partial charge in [0.05, 0.1) is 12.2 Å². The van der Waals surface area contributed by atoms with Crippen molar-refractivity contribution in [1.29, 1.82) is 0 Å². The van der Waals surface area contributed by atoms with E-state index in [1.54, 1.807) is 25.3 Å². The third kappa shape index (κ3) is 3.29. The van der Waals surface area contributed by atoms with Gasteiger partial charge in [-0.05, 0) is 40.2 Å². The van der Waals surface area contributed by atoms with E-state index in [-0.39, 0.29) is 23.7 Å². The summed E-state index contributed by atoms with van der Waals surface area (Å²) < 4.78 is 21.0. The fourth-order valence-electron chi connectivity index (χ4n) is 3.56. The van der Waals surface area contributed by atoms with E-state index in [4.69, 9.17) is 4.74 Å². The first kappa shape index (κ1) is 17.9. The zero-order chi connectivity index (χ0) is 19.1. The topological polar surface area (TPSA) is 80.3 Å². The third-order valence-electron chi connectivity index (χ3n) is 4.95. The van der Waals surface area contributed by atoms with E-state index in [9.17, 15) is 14.0 Å². The molecule has 3 atom stereocenters. The van der Waals surface area contributed by atoms with Crippen LogP contribution in [0, 0.1) is 11.7 Å². The SMILES string of the molecule is CCC(=O)c1ccc(F)c2c1OCC1C(NC(=O)Nc3ccc(Br)cn3)C21. The van der Waals surface area contributed by atoms with Gasteiger partial charge >= 0.3 is 6.03 Å². The Hall–Kier alpha value is -2.48. The number of nitrogens with zero attached hydrogens (tertiary/aromatic N) is 1. The second-order valence-electron chi connectivity index (χ2n) is 6.60. The van der Waals surface area contributed by atoms with Crippen LogP contribution in [0.2, 0.25) is 0 Å². The largest absolute Gasteiger partial charge is 0.492 e. The van der Waals surface area contributed by atoms with Crippen molar-refractivity contribution in [3.63, 3.8) is 0 Å². The van der Waals surface area contributed by atoms with E-state index in [0.29, 0.717) is 35.7 Å². The number of benzene rings is 1. The highest BCUT2D eigenvalue weighted by Gasteiger charge is 2.57. The summed E-state index contributed by atoms with van der Waals surface area (Å²) in [5, 5.41) is 5.51. The molecule has 2 heterocycles. The molecule has 3 unspecified atom stereocenters. The number of pyridine rings is 1. The number of fused-ring (bicyclic) bond motifs is 3. The molecule has 1 aromatic carbocycles. The van der Waals surface area contributed by atoms with Crippen molar-refractivity contribution in [2.24, 2.45) is 5.92 Å². The van der Waals surface area contributed by atoms with Gasteiger partial charge in [-0.2, -0.15) is 0 Å². The molecule has 8 heteroatoms. The number of aromatic nitrogens is 1. The molecular formula is C19H17BrFN3O3. The van der Waals surface area contributed by atoms with Crippen LogP contribution in [0.4, 0.5) is 15.0 Å². The maximum absolute atomic E-state index is 14.5. The second-order valence-corrected chi connectivity index (χ2v) is 7.52. The summed E-state index contributed by atoms with van der Waals surface area (Å²) >= 11 is 3.28. The maximum atomic E-state index is 14.5. The number of carbonyl (C=O) groups excluding carboxylic acids is 2. The zero-order valence-corrected chi connectivity index (χ0v) is 16.0. The Bertz CT molecular complexity index is 919. The lowest BCUT2D eigenvalue weighted by Crippen LogP contribution is -2.32. The number of anilines is 1. The first-order chi connectivity index (χ1) is 13.0. The summed E-state index contributed by atoms with van der Waals surface area (Å²) in [6, 6.07) is 5.55. The normalized spacial score (nSPS) is 22.1. The monoisotopic (exact) mass is 433 g/mol. The number of hydrogen-bond donors (Lipinski definition) is 2. The molecule has 0 radical (unpaired) electrons. The van der Waals surface area contributed by atoms with Crippen LogP contribution in [0.25, 0.3) is 0 Å². The average Bonchev–Trinajstić information content (AvgIpc) is 3.36. The molecule has 0 bridgehead atoms. The lowest BCUT2D eigenvalue weighted by Gasteiger charge is -2.19. The first-order valence-electron chi connectivity index (χ1n) is 8.67. The van der Waals surface area contributed by atoms with E-state index in [1.807, 2.05) is 0 Å². The van der Waals surface area contributed by atoms with Gasteiger partial charge in [0.2, 0.25) is 0 Å². The van der Waals surface area contributed by atoms with Gasteiger partial charge < -0.3 is 10.1 Å². The van der Waals surface area contributed by atoms with Gasteiger partial charge in [-0.15, -0.1) is 0 Å². The molecule has 2 N–H and O–H groups in total. The lowest BCUT2D eigenvalue weighted by atomic mass is 9.98. The maximum Gasteiger partial charge on any atom is 0.320 e. The van der Waals surface area contributed by atoms with Gasteiger partial charge in [0, 0.05) is 40.5 Å². The van der Waals surface area contributed by atoms with Crippen LogP contribution in [0.15, 0.2) is 34.9 Å². The summed E-state index contributed by atoms with van der Waals surface area (Å²) in [5.74, 6) is 0.0329. The Labute approximate surface area is 163 Å². The number of halogens is 2. The molecule has 6 nitrogen and oxygen atoms in total. The summed E-state index contributed by atoms with van der Waals surface area (Å²) in [6.45, 7) is 2.10. The van der Waals surface area contributed by atoms with Gasteiger partial charge in [-0.25, -0.2) is 14.2 Å². The fourth-order valence-corrected chi connectivity index (χ4v) is 3.79. The number of ketones is 1. The smallest absolute Gasteiger partial charge is 0.320 e. The predicted molar refractivity (Wildman–Crippen MR) is 101 cm³/mol. The molecule has 2 amide bonds. The average molecular weight is 434 g/mol. The van der Waals surface area contributed by atoms with Crippen molar-refractivity contribution in [3.8, 4) is 5.75 Å². The van der Waals surface area contributed by atoms with Crippen LogP contribution in [-0.2, 0) is 0 Å². The molecular weight excluding hydrogens is 417 g/mol. The number of ether oxygens (including phenoxy) is 1. The Morgan fingerprint density at radius 3 is 2.85 bits per heavy atom. The summed E-state index contributed by atoms with van der Waals surface area (Å²) in [5.41, 5.74) is 0.791. The van der Waals surface area contributed by atoms with Crippen LogP contribution in [0.1, 0.15) is 35.2 Å². The van der Waals surface area contributed by atoms with Crippen LogP contribution >= 0.6 is 15.9 Å². The first-order valence-corrected chi connectivity index (χ1v) is 9.46. The van der Waals surface area contributed by atoms with Gasteiger partial charge in [0.1, 0.15) is 17.4 Å². The van der Waals surface area contributed by atoms with Gasteiger partial charge in [-0.1, -0.05) is 6.92 Å². The Morgan fingerprint density at radius 2 is 2.15 bits per heavy atom. The fraction of sp³-hybridized carbons (Fsp3) is 0.316. The molecule has 1 fully saturated rings. The Balaban J connectivity index is 1.50. The van der Waals surface area contributed by atoms with Crippen LogP contribution in [-0.4, -0.2) is 29.4 Å². The molecule has 0 spiro atoms. The molecule has 1 saturated carbocycles. The Kier molecular flexibility index (Phi) is 4.59. The molecule has 2 aliphatic rings. The highest BCUT2D eigenvalue weighted by atomic mass is 79.9. The number of hydrogen-bond acceptors (Lipinski definition) is 4. The minimum absolute atomic E-state index is 0.0115. The van der Waals surface area contributed by atoms with Gasteiger partial charge in [0.15, 0.2) is 5.78 Å². The van der Waals surface area contributed by atoms with Gasteiger partial charge in [-0.3, -0.25) is 10.1 Å². The van der Waals surface area contributed by atoms with Crippen molar-refractivity contribution >= 4 is 33.6 Å². The van der Waals surface area contributed by atoms with E-state index < -0.39 is 11.8 Å². The molecule has 2 aromatic rings. The second kappa shape index (κ2) is 6.92. The zero-order valence-electron chi connectivity index (χ0n) is 14.5.